The molecule has 5 aliphatic rings. The molecule has 0 heterocycles. The fraction of sp³-hybridized carbons (Fsp3) is 0.697. The predicted octanol–water partition coefficient (Wildman–Crippen LogP) is 3.90. The van der Waals surface area contributed by atoms with Crippen molar-refractivity contribution in [1.82, 2.24) is 5.32 Å². The number of aliphatic hydroxyl groups is 2. The summed E-state index contributed by atoms with van der Waals surface area (Å²) in [6.07, 6.45) is 14.7. The molecular formula is C33H45NO7. The number of allylic oxidation sites excluding steroid dienone is 5. The number of hydrogen-bond acceptors (Lipinski definition) is 7. The highest BCUT2D eigenvalue weighted by Gasteiger charge is 2.68. The van der Waals surface area contributed by atoms with Crippen LogP contribution < -0.4 is 5.32 Å². The number of ether oxygens (including phenoxy) is 1. The van der Waals surface area contributed by atoms with Crippen LogP contribution in [0.15, 0.2) is 35.5 Å². The van der Waals surface area contributed by atoms with E-state index < -0.39 is 40.9 Å². The van der Waals surface area contributed by atoms with Crippen LogP contribution in [0.3, 0.4) is 0 Å². The van der Waals surface area contributed by atoms with Crippen molar-refractivity contribution in [1.29, 1.82) is 0 Å². The zero-order valence-electron chi connectivity index (χ0n) is 24.5. The molecule has 0 spiro atoms. The Morgan fingerprint density at radius 3 is 2.68 bits per heavy atom. The number of carbonyl (C=O) groups is 4. The van der Waals surface area contributed by atoms with E-state index in [1.54, 1.807) is 12.2 Å². The Morgan fingerprint density at radius 1 is 1.12 bits per heavy atom. The summed E-state index contributed by atoms with van der Waals surface area (Å²) in [7, 11) is 0. The first-order valence-corrected chi connectivity index (χ1v) is 15.5. The summed E-state index contributed by atoms with van der Waals surface area (Å²) in [6.45, 7) is 3.98. The highest BCUT2D eigenvalue weighted by molar-refractivity contribution is 6.01. The van der Waals surface area contributed by atoms with Crippen LogP contribution in [0.4, 0.5) is 0 Å². The number of aliphatic hydroxyl groups excluding tert-OH is 1. The van der Waals surface area contributed by atoms with Crippen molar-refractivity contribution >= 4 is 23.4 Å². The van der Waals surface area contributed by atoms with Gasteiger partial charge in [-0.1, -0.05) is 37.1 Å². The van der Waals surface area contributed by atoms with E-state index in [9.17, 15) is 29.4 Å². The van der Waals surface area contributed by atoms with E-state index in [4.69, 9.17) is 4.74 Å². The Bertz CT molecular complexity index is 1190. The van der Waals surface area contributed by atoms with Crippen LogP contribution in [0.1, 0.15) is 90.9 Å². The Morgan fingerprint density at radius 2 is 1.93 bits per heavy atom. The molecule has 3 saturated carbocycles. The molecule has 1 amide bonds. The molecule has 5 aliphatic carbocycles. The summed E-state index contributed by atoms with van der Waals surface area (Å²) >= 11 is 0. The monoisotopic (exact) mass is 567 g/mol. The largest absolute Gasteiger partial charge is 0.458 e. The Labute approximate surface area is 242 Å². The third-order valence-corrected chi connectivity index (χ3v) is 11.2. The molecule has 0 saturated heterocycles. The third kappa shape index (κ3) is 5.50. The lowest BCUT2D eigenvalue weighted by Gasteiger charge is -2.59. The number of hydrogen-bond donors (Lipinski definition) is 3. The fourth-order valence-electron chi connectivity index (χ4n) is 8.92. The summed E-state index contributed by atoms with van der Waals surface area (Å²) in [5.41, 5.74) is -0.545. The Hall–Kier alpha value is -2.58. The van der Waals surface area contributed by atoms with Crippen LogP contribution >= 0.6 is 0 Å². The Balaban J connectivity index is 1.14. The molecule has 0 aromatic rings. The van der Waals surface area contributed by atoms with E-state index in [-0.39, 0.29) is 55.1 Å². The van der Waals surface area contributed by atoms with E-state index >= 15 is 0 Å². The summed E-state index contributed by atoms with van der Waals surface area (Å²) in [5, 5.41) is 26.1. The first-order valence-electron chi connectivity index (χ1n) is 15.5. The third-order valence-electron chi connectivity index (χ3n) is 11.2. The van der Waals surface area contributed by atoms with Crippen molar-refractivity contribution in [2.24, 2.45) is 28.6 Å². The second kappa shape index (κ2) is 11.6. The van der Waals surface area contributed by atoms with Crippen LogP contribution in [0, 0.1) is 28.6 Å². The average molecular weight is 568 g/mol. The summed E-state index contributed by atoms with van der Waals surface area (Å²) in [5.74, 6) is -1.40. The van der Waals surface area contributed by atoms with Crippen molar-refractivity contribution in [2.45, 2.75) is 103 Å². The summed E-state index contributed by atoms with van der Waals surface area (Å²) in [4.78, 5) is 50.0. The van der Waals surface area contributed by atoms with Gasteiger partial charge in [-0.15, -0.1) is 0 Å². The standard InChI is InChI=1S/C33H45NO7/c1-31-15-12-23(35)18-22(31)8-9-24-25-13-16-33(40,32(25,2)19-26(36)30(24)31)27(37)20-41-29(39)11-10-28(38)34-17-14-21-6-4-3-5-7-21/h6,12,15,18,24-26,30,36,40H,3-5,7-11,13-14,16-17,19-20H2,1-2H3,(H,34,38)/t24-,25-,26-,30+,31-,32-,33-/m0/s1. The predicted molar refractivity (Wildman–Crippen MR) is 152 cm³/mol. The molecule has 0 unspecified atom stereocenters. The maximum atomic E-state index is 13.4. The molecule has 3 N–H and O–H groups in total. The van der Waals surface area contributed by atoms with Crippen LogP contribution in [0.25, 0.3) is 0 Å². The maximum Gasteiger partial charge on any atom is 0.306 e. The molecule has 8 heteroatoms. The van der Waals surface area contributed by atoms with Gasteiger partial charge in [-0.25, -0.2) is 0 Å². The van der Waals surface area contributed by atoms with Crippen LogP contribution in [0.2, 0.25) is 0 Å². The lowest BCUT2D eigenvalue weighted by atomic mass is 9.46. The van der Waals surface area contributed by atoms with Gasteiger partial charge in [0, 0.05) is 29.7 Å². The molecule has 224 valence electrons. The van der Waals surface area contributed by atoms with Gasteiger partial charge in [-0.05, 0) is 88.2 Å². The van der Waals surface area contributed by atoms with Gasteiger partial charge in [-0.3, -0.25) is 19.2 Å². The molecule has 0 aliphatic heterocycles. The van der Waals surface area contributed by atoms with Crippen LogP contribution in [-0.4, -0.2) is 58.5 Å². The Kier molecular flexibility index (Phi) is 8.46. The van der Waals surface area contributed by atoms with Crippen LogP contribution in [0.5, 0.6) is 0 Å². The molecule has 8 nitrogen and oxygen atoms in total. The number of Topliss-reactive ketones (excluding diaryl/α,β-unsaturated/α-hetero) is 1. The number of amides is 1. The molecule has 0 aromatic carbocycles. The highest BCUT2D eigenvalue weighted by atomic mass is 16.5. The number of esters is 1. The molecule has 5 rings (SSSR count). The summed E-state index contributed by atoms with van der Waals surface area (Å²) < 4.78 is 5.24. The molecule has 3 fully saturated rings. The maximum absolute atomic E-state index is 13.4. The van der Waals surface area contributed by atoms with E-state index in [1.165, 1.54) is 18.4 Å². The van der Waals surface area contributed by atoms with Crippen molar-refractivity contribution in [3.63, 3.8) is 0 Å². The minimum atomic E-state index is -1.70. The molecule has 0 radical (unpaired) electrons. The van der Waals surface area contributed by atoms with Gasteiger partial charge in [0.2, 0.25) is 11.7 Å². The van der Waals surface area contributed by atoms with Crippen molar-refractivity contribution in [3.05, 3.63) is 35.5 Å². The van der Waals surface area contributed by atoms with Crippen LogP contribution in [-0.2, 0) is 23.9 Å². The zero-order chi connectivity index (χ0) is 29.4. The quantitative estimate of drug-likeness (QED) is 0.285. The molecule has 41 heavy (non-hydrogen) atoms. The smallest absolute Gasteiger partial charge is 0.306 e. The second-order valence-corrected chi connectivity index (χ2v) is 13.4. The van der Waals surface area contributed by atoms with E-state index in [1.807, 2.05) is 13.0 Å². The van der Waals surface area contributed by atoms with Gasteiger partial charge in [-0.2, -0.15) is 0 Å². The SMILES string of the molecule is C[C@]12C=CC(=O)C=C1CC[C@@H]1[C@@H]2[C@@H](O)C[C@@]2(C)[C@H]1CC[C@]2(O)C(=O)COC(=O)CCC(=O)NCCC1=CCCCC1. The van der Waals surface area contributed by atoms with E-state index in [0.29, 0.717) is 13.0 Å². The number of carbonyl (C=O) groups excluding carboxylic acids is 4. The van der Waals surface area contributed by atoms with Gasteiger partial charge < -0.3 is 20.3 Å². The minimum Gasteiger partial charge on any atom is -0.458 e. The summed E-state index contributed by atoms with van der Waals surface area (Å²) in [6, 6.07) is 0. The topological polar surface area (TPSA) is 130 Å². The van der Waals surface area contributed by atoms with Gasteiger partial charge in [0.25, 0.3) is 0 Å². The molecule has 0 bridgehead atoms. The normalized spacial score (nSPS) is 37.7. The number of rotatable bonds is 9. The van der Waals surface area contributed by atoms with E-state index in [0.717, 1.165) is 37.7 Å². The molecule has 7 atom stereocenters. The van der Waals surface area contributed by atoms with E-state index in [2.05, 4.69) is 18.3 Å². The lowest BCUT2D eigenvalue weighted by Crippen LogP contribution is -2.61. The van der Waals surface area contributed by atoms with Crippen molar-refractivity contribution in [2.75, 3.05) is 13.2 Å². The molecule has 0 aromatic heterocycles. The lowest BCUT2D eigenvalue weighted by molar-refractivity contribution is -0.181. The highest BCUT2D eigenvalue weighted by Crippen LogP contribution is 2.67. The fourth-order valence-corrected chi connectivity index (χ4v) is 8.92. The molecular weight excluding hydrogens is 522 g/mol. The van der Waals surface area contributed by atoms with Gasteiger partial charge in [0.1, 0.15) is 5.60 Å². The zero-order valence-corrected chi connectivity index (χ0v) is 24.5. The number of fused-ring (bicyclic) bond motifs is 5. The first kappa shape index (κ1) is 29.9. The van der Waals surface area contributed by atoms with Crippen molar-refractivity contribution in [3.8, 4) is 0 Å². The van der Waals surface area contributed by atoms with Gasteiger partial charge >= 0.3 is 5.97 Å². The number of nitrogens with one attached hydrogen (secondary N) is 1. The average Bonchev–Trinajstić information content (AvgIpc) is 3.22. The number of ketones is 2. The van der Waals surface area contributed by atoms with Crippen molar-refractivity contribution < 1.29 is 34.1 Å². The first-order chi connectivity index (χ1) is 19.5. The van der Waals surface area contributed by atoms with Gasteiger partial charge in [0.05, 0.1) is 12.5 Å². The minimum absolute atomic E-state index is 0.0133. The van der Waals surface area contributed by atoms with Gasteiger partial charge in [0.15, 0.2) is 12.4 Å². The second-order valence-electron chi connectivity index (χ2n) is 13.4.